The van der Waals surface area contributed by atoms with Crippen LogP contribution >= 0.6 is 0 Å². The van der Waals surface area contributed by atoms with Crippen LogP contribution in [0.4, 0.5) is 0 Å². The molecule has 0 bridgehead atoms. The molecule has 2 aromatic heterocycles. The molecule has 4 heterocycles. The summed E-state index contributed by atoms with van der Waals surface area (Å²) in [5, 5.41) is 4.26. The van der Waals surface area contributed by atoms with Crippen molar-refractivity contribution in [1.29, 1.82) is 0 Å². The van der Waals surface area contributed by atoms with E-state index in [4.69, 9.17) is 14.5 Å². The van der Waals surface area contributed by atoms with Crippen molar-refractivity contribution in [2.24, 2.45) is 7.05 Å². The van der Waals surface area contributed by atoms with Gasteiger partial charge in [-0.3, -0.25) is 9.58 Å². The van der Waals surface area contributed by atoms with Gasteiger partial charge >= 0.3 is 0 Å². The number of aryl methyl sites for hydroxylation is 1. The highest BCUT2D eigenvalue weighted by molar-refractivity contribution is 5.57. The van der Waals surface area contributed by atoms with E-state index in [0.717, 1.165) is 48.8 Å². The van der Waals surface area contributed by atoms with E-state index in [-0.39, 0.29) is 11.7 Å². The fourth-order valence-electron chi connectivity index (χ4n) is 4.39. The maximum absolute atomic E-state index is 6.08. The Labute approximate surface area is 177 Å². The molecule has 6 heteroatoms. The monoisotopic (exact) mass is 404 g/mol. The summed E-state index contributed by atoms with van der Waals surface area (Å²) in [6.07, 6.45) is 4.78. The van der Waals surface area contributed by atoms with E-state index in [1.807, 2.05) is 25.5 Å². The molecular weight excluding hydrogens is 376 g/mol. The van der Waals surface area contributed by atoms with Gasteiger partial charge in [0.15, 0.2) is 0 Å². The molecule has 0 radical (unpaired) electrons. The zero-order valence-corrected chi connectivity index (χ0v) is 17.8. The summed E-state index contributed by atoms with van der Waals surface area (Å²) in [6.45, 7) is 7.68. The summed E-state index contributed by atoms with van der Waals surface area (Å²) >= 11 is 0. The lowest BCUT2D eigenvalue weighted by molar-refractivity contribution is -0.0349. The predicted molar refractivity (Wildman–Crippen MR) is 115 cm³/mol. The lowest BCUT2D eigenvalue weighted by Crippen LogP contribution is -2.38. The maximum atomic E-state index is 6.08. The van der Waals surface area contributed by atoms with E-state index < -0.39 is 0 Å². The molecule has 6 nitrogen and oxygen atoms in total. The van der Waals surface area contributed by atoms with Crippen molar-refractivity contribution in [2.45, 2.75) is 38.5 Å². The molecule has 0 N–H and O–H groups in total. The van der Waals surface area contributed by atoms with Gasteiger partial charge in [-0.15, -0.1) is 0 Å². The number of benzene rings is 1. The molecule has 156 valence electrons. The Balaban J connectivity index is 1.29. The molecular formula is C24H28N4O2. The first-order valence-electron chi connectivity index (χ1n) is 10.6. The second-order valence-corrected chi connectivity index (χ2v) is 8.93. The average molecular weight is 405 g/mol. The number of hydrogen-bond acceptors (Lipinski definition) is 5. The highest BCUT2D eigenvalue weighted by Gasteiger charge is 2.30. The van der Waals surface area contributed by atoms with Crippen LogP contribution in [0, 0.1) is 0 Å². The molecule has 2 aliphatic rings. The maximum Gasteiger partial charge on any atom is 0.123 e. The first kappa shape index (κ1) is 19.3. The molecule has 1 fully saturated rings. The zero-order valence-electron chi connectivity index (χ0n) is 17.8. The van der Waals surface area contributed by atoms with Crippen molar-refractivity contribution in [3.05, 3.63) is 65.6 Å². The Hall–Kier alpha value is -2.70. The first-order chi connectivity index (χ1) is 14.4. The minimum Gasteiger partial charge on any atom is -0.487 e. The quantitative estimate of drug-likeness (QED) is 0.663. The molecule has 5 rings (SSSR count). The third-order valence-corrected chi connectivity index (χ3v) is 5.79. The van der Waals surface area contributed by atoms with Crippen LogP contribution in [-0.2, 0) is 24.8 Å². The number of aromatic nitrogens is 3. The fraction of sp³-hybridized carbons (Fsp3) is 0.417. The Morgan fingerprint density at radius 2 is 2.10 bits per heavy atom. The molecule has 30 heavy (non-hydrogen) atoms. The molecule has 2 aliphatic heterocycles. The normalized spacial score (nSPS) is 20.7. The Bertz CT molecular complexity index is 1060. The van der Waals surface area contributed by atoms with Gasteiger partial charge in [-0.05, 0) is 43.2 Å². The Morgan fingerprint density at radius 3 is 2.93 bits per heavy atom. The molecule has 1 saturated heterocycles. The topological polar surface area (TPSA) is 52.4 Å². The van der Waals surface area contributed by atoms with Gasteiger partial charge in [0.25, 0.3) is 0 Å². The highest BCUT2D eigenvalue weighted by Crippen LogP contribution is 2.35. The van der Waals surface area contributed by atoms with Crippen molar-refractivity contribution in [3.63, 3.8) is 0 Å². The van der Waals surface area contributed by atoms with Gasteiger partial charge in [0.2, 0.25) is 0 Å². The van der Waals surface area contributed by atoms with E-state index in [1.54, 1.807) is 4.68 Å². The molecule has 1 aromatic carbocycles. The third kappa shape index (κ3) is 3.98. The lowest BCUT2D eigenvalue weighted by atomic mass is 10.00. The minimum atomic E-state index is -0.101. The van der Waals surface area contributed by atoms with Crippen molar-refractivity contribution in [3.8, 4) is 17.0 Å². The molecule has 0 unspecified atom stereocenters. The number of rotatable bonds is 4. The first-order valence-corrected chi connectivity index (χ1v) is 10.6. The van der Waals surface area contributed by atoms with Crippen LogP contribution in [0.2, 0.25) is 0 Å². The number of hydrogen-bond donors (Lipinski definition) is 0. The summed E-state index contributed by atoms with van der Waals surface area (Å²) in [6, 6.07) is 12.7. The highest BCUT2D eigenvalue weighted by atomic mass is 16.5. The SMILES string of the molecule is Cn1cc(-c2cccc([C@@H]3CN(Cc4ccc5c(c4)CC(C)(C)O5)CCO3)n2)cn1. The van der Waals surface area contributed by atoms with Gasteiger partial charge in [0.1, 0.15) is 17.5 Å². The second-order valence-electron chi connectivity index (χ2n) is 8.93. The molecule has 0 amide bonds. The molecule has 0 aliphatic carbocycles. The van der Waals surface area contributed by atoms with Crippen LogP contribution in [0.15, 0.2) is 48.8 Å². The second kappa shape index (κ2) is 7.52. The van der Waals surface area contributed by atoms with Gasteiger partial charge in [-0.2, -0.15) is 5.10 Å². The minimum absolute atomic E-state index is 0.0212. The van der Waals surface area contributed by atoms with Crippen LogP contribution in [0.5, 0.6) is 5.75 Å². The molecule has 0 spiro atoms. The van der Waals surface area contributed by atoms with Crippen LogP contribution < -0.4 is 4.74 Å². The third-order valence-electron chi connectivity index (χ3n) is 5.79. The Kier molecular flexibility index (Phi) is 4.83. The molecule has 0 saturated carbocycles. The van der Waals surface area contributed by atoms with Crippen molar-refractivity contribution < 1.29 is 9.47 Å². The summed E-state index contributed by atoms with van der Waals surface area (Å²) in [7, 11) is 1.92. The van der Waals surface area contributed by atoms with Crippen molar-refractivity contribution in [1.82, 2.24) is 19.7 Å². The largest absolute Gasteiger partial charge is 0.487 e. The summed E-state index contributed by atoms with van der Waals surface area (Å²) in [5.41, 5.74) is 5.47. The zero-order chi connectivity index (χ0) is 20.7. The van der Waals surface area contributed by atoms with Crippen LogP contribution in [0.1, 0.15) is 36.8 Å². The number of fused-ring (bicyclic) bond motifs is 1. The number of nitrogens with zero attached hydrogens (tertiary/aromatic N) is 4. The van der Waals surface area contributed by atoms with Crippen molar-refractivity contribution in [2.75, 3.05) is 19.7 Å². The van der Waals surface area contributed by atoms with Gasteiger partial charge in [-0.1, -0.05) is 18.2 Å². The van der Waals surface area contributed by atoms with Gasteiger partial charge in [0.05, 0.1) is 24.2 Å². The molecule has 1 atom stereocenters. The van der Waals surface area contributed by atoms with Crippen LogP contribution in [0.25, 0.3) is 11.3 Å². The number of pyridine rings is 1. The summed E-state index contributed by atoms with van der Waals surface area (Å²) in [4.78, 5) is 7.32. The number of morpholine rings is 1. The van der Waals surface area contributed by atoms with E-state index in [1.165, 1.54) is 11.1 Å². The van der Waals surface area contributed by atoms with E-state index in [0.29, 0.717) is 6.61 Å². The fourth-order valence-corrected chi connectivity index (χ4v) is 4.39. The lowest BCUT2D eigenvalue weighted by Gasteiger charge is -2.32. The standard InChI is InChI=1S/C24H28N4O2/c1-24(2)12-18-11-17(7-8-22(18)30-24)14-28-9-10-29-23(16-28)21-6-4-5-20(26-21)19-13-25-27(3)15-19/h4-8,11,13,15,23H,9-10,12,14,16H2,1-3H3/t23-/m0/s1. The van der Waals surface area contributed by atoms with Gasteiger partial charge in [0, 0.05) is 44.9 Å². The number of ether oxygens (including phenoxy) is 2. The average Bonchev–Trinajstić information content (AvgIpc) is 3.29. The van der Waals surface area contributed by atoms with E-state index >= 15 is 0 Å². The summed E-state index contributed by atoms with van der Waals surface area (Å²) in [5.74, 6) is 1.03. The smallest absolute Gasteiger partial charge is 0.123 e. The predicted octanol–water partition coefficient (Wildman–Crippen LogP) is 3.77. The van der Waals surface area contributed by atoms with E-state index in [2.05, 4.69) is 54.2 Å². The van der Waals surface area contributed by atoms with Crippen LogP contribution in [0.3, 0.4) is 0 Å². The van der Waals surface area contributed by atoms with Crippen LogP contribution in [-0.4, -0.2) is 45.0 Å². The van der Waals surface area contributed by atoms with Crippen molar-refractivity contribution >= 4 is 0 Å². The summed E-state index contributed by atoms with van der Waals surface area (Å²) < 4.78 is 13.9. The Morgan fingerprint density at radius 1 is 1.20 bits per heavy atom. The van der Waals surface area contributed by atoms with Gasteiger partial charge < -0.3 is 9.47 Å². The van der Waals surface area contributed by atoms with Gasteiger partial charge in [-0.25, -0.2) is 4.98 Å². The molecule has 3 aromatic rings. The van der Waals surface area contributed by atoms with E-state index in [9.17, 15) is 0 Å².